The molecule has 1 saturated heterocycles. The molecule has 0 spiro atoms. The van der Waals surface area contributed by atoms with Crippen LogP contribution in [-0.4, -0.2) is 58.6 Å². The Kier molecular flexibility index (Phi) is 6.50. The summed E-state index contributed by atoms with van der Waals surface area (Å²) in [5.41, 5.74) is 3.78. The van der Waals surface area contributed by atoms with Gasteiger partial charge in [0.15, 0.2) is 0 Å². The molecule has 0 saturated carbocycles. The van der Waals surface area contributed by atoms with E-state index >= 15 is 0 Å². The largest absolute Gasteiger partial charge is 0.368 e. The van der Waals surface area contributed by atoms with E-state index in [-0.39, 0.29) is 23.8 Å². The van der Waals surface area contributed by atoms with Crippen molar-refractivity contribution in [2.75, 3.05) is 26.7 Å². The summed E-state index contributed by atoms with van der Waals surface area (Å²) >= 11 is 0. The number of rotatable bonds is 5. The van der Waals surface area contributed by atoms with Gasteiger partial charge < -0.3 is 19.5 Å². The number of morpholine rings is 1. The minimum atomic E-state index is -0.358. The first kappa shape index (κ1) is 22.6. The molecular formula is C24H27N5O4. The average molecular weight is 450 g/mol. The van der Waals surface area contributed by atoms with E-state index in [1.54, 1.807) is 31.1 Å². The molecule has 0 bridgehead atoms. The van der Waals surface area contributed by atoms with Crippen LogP contribution in [0.2, 0.25) is 0 Å². The third-order valence-corrected chi connectivity index (χ3v) is 5.62. The lowest BCUT2D eigenvalue weighted by Gasteiger charge is -2.33. The van der Waals surface area contributed by atoms with Crippen LogP contribution in [0.5, 0.6) is 0 Å². The molecule has 33 heavy (non-hydrogen) atoms. The molecule has 9 heteroatoms. The summed E-state index contributed by atoms with van der Waals surface area (Å²) in [6.45, 7) is 7.02. The van der Waals surface area contributed by atoms with Gasteiger partial charge in [-0.1, -0.05) is 25.1 Å². The number of nitrogens with one attached hydrogen (secondary N) is 1. The Balaban J connectivity index is 1.54. The van der Waals surface area contributed by atoms with E-state index in [0.717, 1.165) is 11.3 Å². The topological polar surface area (TPSA) is 110 Å². The first-order valence-corrected chi connectivity index (χ1v) is 10.9. The molecule has 0 unspecified atom stereocenters. The minimum Gasteiger partial charge on any atom is -0.368 e. The molecule has 0 aliphatic carbocycles. The van der Waals surface area contributed by atoms with Crippen LogP contribution < -0.4 is 5.32 Å². The molecular weight excluding hydrogens is 422 g/mol. The molecule has 4 rings (SSSR count). The van der Waals surface area contributed by atoms with E-state index in [2.05, 4.69) is 15.5 Å². The Bertz CT molecular complexity index is 1160. The second-order valence-electron chi connectivity index (χ2n) is 8.22. The first-order chi connectivity index (χ1) is 15.9. The smallest absolute Gasteiger partial charge is 0.269 e. The highest BCUT2D eigenvalue weighted by Crippen LogP contribution is 2.28. The van der Waals surface area contributed by atoms with E-state index in [1.807, 2.05) is 38.1 Å². The van der Waals surface area contributed by atoms with Gasteiger partial charge in [-0.3, -0.25) is 14.6 Å². The van der Waals surface area contributed by atoms with Crippen molar-refractivity contribution < 1.29 is 18.8 Å². The first-order valence-electron chi connectivity index (χ1n) is 10.9. The number of ether oxygens (including phenoxy) is 1. The number of aromatic nitrogens is 3. The maximum Gasteiger partial charge on any atom is 0.269 e. The molecule has 1 aliphatic rings. The minimum absolute atomic E-state index is 0.0833. The van der Waals surface area contributed by atoms with Crippen LogP contribution in [0.4, 0.5) is 0 Å². The van der Waals surface area contributed by atoms with Gasteiger partial charge in [0.2, 0.25) is 0 Å². The Morgan fingerprint density at radius 3 is 2.73 bits per heavy atom. The van der Waals surface area contributed by atoms with Crippen molar-refractivity contribution in [2.24, 2.45) is 0 Å². The van der Waals surface area contributed by atoms with Gasteiger partial charge in [-0.15, -0.1) is 0 Å². The van der Waals surface area contributed by atoms with Crippen LogP contribution in [0.15, 0.2) is 41.1 Å². The number of aryl methyl sites for hydroxylation is 1. The fourth-order valence-corrected chi connectivity index (χ4v) is 3.81. The normalized spacial score (nSPS) is 16.2. The second kappa shape index (κ2) is 9.50. The SMILES string of the molecule is CNC(=O)c1ccc(-c2cccc([C@H]3CN(C(=O)c4c(C(C)C)noc4C)CCO3)n2)cn1. The number of hydrogen-bond donors (Lipinski definition) is 1. The molecule has 0 radical (unpaired) electrons. The summed E-state index contributed by atoms with van der Waals surface area (Å²) in [7, 11) is 1.56. The van der Waals surface area contributed by atoms with Gasteiger partial charge in [-0.05, 0) is 37.1 Å². The van der Waals surface area contributed by atoms with Crippen LogP contribution in [0.25, 0.3) is 11.3 Å². The molecule has 0 aromatic carbocycles. The average Bonchev–Trinajstić information content (AvgIpc) is 3.25. The Morgan fingerprint density at radius 2 is 2.03 bits per heavy atom. The number of carbonyl (C=O) groups excluding carboxylic acids is 2. The monoisotopic (exact) mass is 449 g/mol. The van der Waals surface area contributed by atoms with Gasteiger partial charge in [0.05, 0.1) is 30.2 Å². The predicted molar refractivity (Wildman–Crippen MR) is 121 cm³/mol. The van der Waals surface area contributed by atoms with Gasteiger partial charge in [-0.25, -0.2) is 4.98 Å². The summed E-state index contributed by atoms with van der Waals surface area (Å²) in [4.78, 5) is 35.7. The highest BCUT2D eigenvalue weighted by Gasteiger charge is 2.31. The molecule has 1 atom stereocenters. The molecule has 3 aromatic heterocycles. The summed E-state index contributed by atoms with van der Waals surface area (Å²) in [5.74, 6) is 0.266. The van der Waals surface area contributed by atoms with Crippen LogP contribution in [-0.2, 0) is 4.74 Å². The van der Waals surface area contributed by atoms with Crippen LogP contribution in [0, 0.1) is 6.92 Å². The van der Waals surface area contributed by atoms with Crippen molar-refractivity contribution in [1.82, 2.24) is 25.3 Å². The maximum atomic E-state index is 13.3. The number of amides is 2. The van der Waals surface area contributed by atoms with Gasteiger partial charge in [0.1, 0.15) is 23.1 Å². The highest BCUT2D eigenvalue weighted by molar-refractivity contribution is 5.96. The molecule has 2 amide bonds. The second-order valence-corrected chi connectivity index (χ2v) is 8.22. The maximum absolute atomic E-state index is 13.3. The lowest BCUT2D eigenvalue weighted by molar-refractivity contribution is -0.0247. The standard InChI is InChI=1S/C24H27N5O4/c1-14(2)22-21(15(3)33-28-22)24(31)29-10-11-32-20(13-29)18-7-5-6-17(27-18)16-8-9-19(26-12-16)23(30)25-4/h5-9,12,14,20H,10-11,13H2,1-4H3,(H,25,30)/t20-/m1/s1. The Hall–Kier alpha value is -3.59. The Morgan fingerprint density at radius 1 is 1.21 bits per heavy atom. The quantitative estimate of drug-likeness (QED) is 0.637. The van der Waals surface area contributed by atoms with E-state index in [0.29, 0.717) is 48.1 Å². The molecule has 3 aromatic rings. The molecule has 1 fully saturated rings. The summed E-state index contributed by atoms with van der Waals surface area (Å²) in [6, 6.07) is 9.13. The van der Waals surface area contributed by atoms with E-state index in [4.69, 9.17) is 14.2 Å². The highest BCUT2D eigenvalue weighted by atomic mass is 16.5. The van der Waals surface area contributed by atoms with Gasteiger partial charge in [0.25, 0.3) is 11.8 Å². The molecule has 172 valence electrons. The zero-order chi connectivity index (χ0) is 23.5. The summed E-state index contributed by atoms with van der Waals surface area (Å²) < 4.78 is 11.3. The summed E-state index contributed by atoms with van der Waals surface area (Å²) in [5, 5.41) is 6.63. The van der Waals surface area contributed by atoms with E-state index in [1.165, 1.54) is 0 Å². The zero-order valence-electron chi connectivity index (χ0n) is 19.2. The van der Waals surface area contributed by atoms with Crippen molar-refractivity contribution >= 4 is 11.8 Å². The van der Waals surface area contributed by atoms with Crippen molar-refractivity contribution in [1.29, 1.82) is 0 Å². The van der Waals surface area contributed by atoms with Crippen LogP contribution in [0.1, 0.15) is 63.9 Å². The van der Waals surface area contributed by atoms with Crippen LogP contribution in [0.3, 0.4) is 0 Å². The van der Waals surface area contributed by atoms with Crippen molar-refractivity contribution in [3.8, 4) is 11.3 Å². The summed E-state index contributed by atoms with van der Waals surface area (Å²) in [6.07, 6.45) is 1.26. The Labute approximate surface area is 192 Å². The fourth-order valence-electron chi connectivity index (χ4n) is 3.81. The molecule has 4 heterocycles. The van der Waals surface area contributed by atoms with Gasteiger partial charge >= 0.3 is 0 Å². The van der Waals surface area contributed by atoms with E-state index < -0.39 is 0 Å². The van der Waals surface area contributed by atoms with E-state index in [9.17, 15) is 9.59 Å². The lowest BCUT2D eigenvalue weighted by Crippen LogP contribution is -2.42. The lowest BCUT2D eigenvalue weighted by atomic mass is 10.0. The number of nitrogens with zero attached hydrogens (tertiary/aromatic N) is 4. The number of carbonyl (C=O) groups is 2. The van der Waals surface area contributed by atoms with Gasteiger partial charge in [-0.2, -0.15) is 0 Å². The molecule has 1 N–H and O–H groups in total. The predicted octanol–water partition coefficient (Wildman–Crippen LogP) is 3.14. The van der Waals surface area contributed by atoms with Crippen molar-refractivity contribution in [3.63, 3.8) is 0 Å². The fraction of sp³-hybridized carbons (Fsp3) is 0.375. The van der Waals surface area contributed by atoms with Gasteiger partial charge in [0, 0.05) is 25.4 Å². The number of hydrogen-bond acceptors (Lipinski definition) is 7. The third kappa shape index (κ3) is 4.63. The molecule has 1 aliphatic heterocycles. The van der Waals surface area contributed by atoms with Crippen molar-refractivity contribution in [3.05, 3.63) is 64.9 Å². The van der Waals surface area contributed by atoms with Crippen molar-refractivity contribution in [2.45, 2.75) is 32.8 Å². The van der Waals surface area contributed by atoms with Crippen LogP contribution >= 0.6 is 0 Å². The zero-order valence-corrected chi connectivity index (χ0v) is 19.2. The number of pyridine rings is 2. The molecule has 9 nitrogen and oxygen atoms in total. The third-order valence-electron chi connectivity index (χ3n) is 5.62.